The minimum atomic E-state index is 0.799. The van der Waals surface area contributed by atoms with Crippen LogP contribution >= 0.6 is 11.8 Å². The maximum absolute atomic E-state index is 5.16. The molecule has 0 aliphatic carbocycles. The van der Waals surface area contributed by atoms with Gasteiger partial charge in [0, 0.05) is 12.2 Å². The summed E-state index contributed by atoms with van der Waals surface area (Å²) in [5, 5.41) is 1.04. The molecule has 68 valence electrons. The summed E-state index contributed by atoms with van der Waals surface area (Å²) in [6.07, 6.45) is 11.8. The molecule has 1 aromatic heterocycles. The lowest BCUT2D eigenvalue weighted by atomic mass is 10.5. The zero-order chi connectivity index (χ0) is 9.52. The third kappa shape index (κ3) is 3.47. The van der Waals surface area contributed by atoms with E-state index in [0.29, 0.717) is 0 Å². The first-order valence-corrected chi connectivity index (χ1v) is 5.26. The van der Waals surface area contributed by atoms with E-state index >= 15 is 0 Å². The van der Waals surface area contributed by atoms with E-state index in [9.17, 15) is 0 Å². The smallest absolute Gasteiger partial charge is 0.201 e. The number of hydrogen-bond acceptors (Lipinski definition) is 2. The van der Waals surface area contributed by atoms with E-state index in [4.69, 9.17) is 6.42 Å². The molecule has 0 aromatic carbocycles. The van der Waals surface area contributed by atoms with Gasteiger partial charge in [-0.25, -0.2) is 9.55 Å². The highest BCUT2D eigenvalue weighted by Gasteiger charge is 2.01. The van der Waals surface area contributed by atoms with Gasteiger partial charge in [0.05, 0.1) is 6.20 Å². The predicted octanol–water partition coefficient (Wildman–Crippen LogP) is 1.50. The topological polar surface area (TPSA) is 16.8 Å². The van der Waals surface area contributed by atoms with Crippen molar-refractivity contribution >= 4 is 11.8 Å². The lowest BCUT2D eigenvalue weighted by Gasteiger charge is -1.96. The van der Waals surface area contributed by atoms with Crippen LogP contribution in [0.15, 0.2) is 23.6 Å². The van der Waals surface area contributed by atoms with Crippen molar-refractivity contribution in [2.24, 2.45) is 0 Å². The van der Waals surface area contributed by atoms with Crippen LogP contribution in [-0.2, 0) is 6.54 Å². The Morgan fingerprint density at radius 1 is 1.69 bits per heavy atom. The van der Waals surface area contributed by atoms with Gasteiger partial charge >= 0.3 is 0 Å². The SMILES string of the molecule is C#CCCSc1c[n+](CC)ccn1. The zero-order valence-corrected chi connectivity index (χ0v) is 8.55. The van der Waals surface area contributed by atoms with Gasteiger partial charge in [-0.3, -0.25) is 0 Å². The van der Waals surface area contributed by atoms with Crippen LogP contribution in [0.4, 0.5) is 0 Å². The maximum atomic E-state index is 5.16. The minimum absolute atomic E-state index is 0.799. The van der Waals surface area contributed by atoms with Gasteiger partial charge in [0.15, 0.2) is 11.2 Å². The molecule has 1 rings (SSSR count). The fourth-order valence-corrected chi connectivity index (χ4v) is 1.67. The van der Waals surface area contributed by atoms with Gasteiger partial charge in [-0.15, -0.1) is 12.3 Å². The number of terminal acetylenes is 1. The first kappa shape index (κ1) is 10.1. The second-order valence-corrected chi connectivity index (χ2v) is 3.64. The van der Waals surface area contributed by atoms with Crippen LogP contribution in [0.25, 0.3) is 0 Å². The van der Waals surface area contributed by atoms with Gasteiger partial charge in [-0.2, -0.15) is 0 Å². The largest absolute Gasteiger partial charge is 0.237 e. The summed E-state index contributed by atoms with van der Waals surface area (Å²) >= 11 is 1.70. The Bertz CT molecular complexity index is 304. The third-order valence-corrected chi connectivity index (χ3v) is 2.51. The zero-order valence-electron chi connectivity index (χ0n) is 7.73. The summed E-state index contributed by atoms with van der Waals surface area (Å²) in [5.41, 5.74) is 0. The van der Waals surface area contributed by atoms with Crippen LogP contribution in [0.3, 0.4) is 0 Å². The number of thioether (sulfide) groups is 1. The molecule has 13 heavy (non-hydrogen) atoms. The van der Waals surface area contributed by atoms with Crippen molar-refractivity contribution in [2.45, 2.75) is 24.9 Å². The molecule has 1 heterocycles. The molecule has 0 aliphatic rings. The number of aryl methyl sites for hydroxylation is 1. The Balaban J connectivity index is 2.52. The van der Waals surface area contributed by atoms with Gasteiger partial charge in [0.2, 0.25) is 6.20 Å². The molecular weight excluding hydrogens is 180 g/mol. The fraction of sp³-hybridized carbons (Fsp3) is 0.400. The molecule has 2 nitrogen and oxygen atoms in total. The molecule has 3 heteroatoms. The van der Waals surface area contributed by atoms with Crippen molar-refractivity contribution in [3.8, 4) is 12.3 Å². The first-order chi connectivity index (χ1) is 6.36. The van der Waals surface area contributed by atoms with E-state index in [-0.39, 0.29) is 0 Å². The van der Waals surface area contributed by atoms with Gasteiger partial charge < -0.3 is 0 Å². The van der Waals surface area contributed by atoms with E-state index < -0.39 is 0 Å². The van der Waals surface area contributed by atoms with Crippen LogP contribution in [0.1, 0.15) is 13.3 Å². The summed E-state index contributed by atoms with van der Waals surface area (Å²) < 4.78 is 2.10. The fourth-order valence-electron chi connectivity index (χ4n) is 0.896. The van der Waals surface area contributed by atoms with Gasteiger partial charge in [0.25, 0.3) is 0 Å². The van der Waals surface area contributed by atoms with Crippen LogP contribution in [0, 0.1) is 12.3 Å². The lowest BCUT2D eigenvalue weighted by molar-refractivity contribution is -0.696. The number of rotatable bonds is 4. The first-order valence-electron chi connectivity index (χ1n) is 4.28. The molecule has 0 saturated heterocycles. The highest BCUT2D eigenvalue weighted by atomic mass is 32.2. The molecular formula is C10H13N2S+. The summed E-state index contributed by atoms with van der Waals surface area (Å²) in [4.78, 5) is 4.23. The molecule has 0 atom stereocenters. The van der Waals surface area contributed by atoms with Crippen LogP contribution in [0.5, 0.6) is 0 Å². The van der Waals surface area contributed by atoms with Gasteiger partial charge in [-0.1, -0.05) is 11.8 Å². The summed E-state index contributed by atoms with van der Waals surface area (Å²) in [6, 6.07) is 0. The highest BCUT2D eigenvalue weighted by molar-refractivity contribution is 7.99. The van der Waals surface area contributed by atoms with Crippen LogP contribution in [-0.4, -0.2) is 10.7 Å². The monoisotopic (exact) mass is 193 g/mol. The van der Waals surface area contributed by atoms with Crippen molar-refractivity contribution in [3.63, 3.8) is 0 Å². The van der Waals surface area contributed by atoms with E-state index in [1.807, 2.05) is 18.6 Å². The third-order valence-electron chi connectivity index (χ3n) is 1.60. The van der Waals surface area contributed by atoms with E-state index in [1.165, 1.54) is 0 Å². The molecule has 0 saturated carbocycles. The highest BCUT2D eigenvalue weighted by Crippen LogP contribution is 2.12. The molecule has 0 aliphatic heterocycles. The second kappa shape index (κ2) is 5.60. The Kier molecular flexibility index (Phi) is 4.34. The molecule has 1 aromatic rings. The average molecular weight is 193 g/mol. The quantitative estimate of drug-likeness (QED) is 0.312. The molecule has 0 N–H and O–H groups in total. The van der Waals surface area contributed by atoms with Crippen molar-refractivity contribution in [2.75, 3.05) is 5.75 Å². The van der Waals surface area contributed by atoms with E-state index in [1.54, 1.807) is 11.8 Å². The average Bonchev–Trinajstić information content (AvgIpc) is 2.19. The van der Waals surface area contributed by atoms with Crippen LogP contribution in [0.2, 0.25) is 0 Å². The Morgan fingerprint density at radius 3 is 3.23 bits per heavy atom. The standard InChI is InChI=1S/C10H13N2S/c1-3-5-8-13-10-9-12(4-2)7-6-11-10/h1,6-7,9H,4-5,8H2,2H3/q+1. The maximum Gasteiger partial charge on any atom is 0.201 e. The molecule has 0 unspecified atom stereocenters. The second-order valence-electron chi connectivity index (χ2n) is 2.53. The number of nitrogens with zero attached hydrogens (tertiary/aromatic N) is 2. The predicted molar refractivity (Wildman–Crippen MR) is 54.3 cm³/mol. The molecule has 0 spiro atoms. The summed E-state index contributed by atoms with van der Waals surface area (Å²) in [5.74, 6) is 3.55. The normalized spacial score (nSPS) is 9.54. The molecule has 0 bridgehead atoms. The van der Waals surface area contributed by atoms with Crippen molar-refractivity contribution < 1.29 is 4.57 Å². The summed E-state index contributed by atoms with van der Waals surface area (Å²) in [6.45, 7) is 3.08. The minimum Gasteiger partial charge on any atom is -0.237 e. The van der Waals surface area contributed by atoms with Crippen molar-refractivity contribution in [3.05, 3.63) is 18.6 Å². The van der Waals surface area contributed by atoms with Gasteiger partial charge in [0.1, 0.15) is 6.54 Å². The van der Waals surface area contributed by atoms with Crippen molar-refractivity contribution in [1.82, 2.24) is 4.98 Å². The van der Waals surface area contributed by atoms with Crippen molar-refractivity contribution in [1.29, 1.82) is 0 Å². The van der Waals surface area contributed by atoms with Gasteiger partial charge in [-0.05, 0) is 6.92 Å². The number of aromatic nitrogens is 2. The van der Waals surface area contributed by atoms with Crippen LogP contribution < -0.4 is 4.57 Å². The lowest BCUT2D eigenvalue weighted by Crippen LogP contribution is -2.31. The van der Waals surface area contributed by atoms with E-state index in [0.717, 1.165) is 23.7 Å². The Labute approximate surface area is 83.4 Å². The number of hydrogen-bond donors (Lipinski definition) is 0. The molecule has 0 amide bonds. The summed E-state index contributed by atoms with van der Waals surface area (Å²) in [7, 11) is 0. The molecule has 0 fully saturated rings. The Morgan fingerprint density at radius 2 is 2.54 bits per heavy atom. The Hall–Kier alpha value is -1.01. The van der Waals surface area contributed by atoms with E-state index in [2.05, 4.69) is 22.4 Å². The molecule has 0 radical (unpaired) electrons.